The van der Waals surface area contributed by atoms with Crippen molar-refractivity contribution in [1.29, 1.82) is 0 Å². The lowest BCUT2D eigenvalue weighted by atomic mass is 10.1. The molecule has 1 amide bonds. The molecule has 0 unspecified atom stereocenters. The molecule has 0 saturated heterocycles. The van der Waals surface area contributed by atoms with Gasteiger partial charge in [-0.2, -0.15) is 21.9 Å². The van der Waals surface area contributed by atoms with Gasteiger partial charge in [-0.05, 0) is 30.3 Å². The number of carbonyl (C=O) groups is 1. The molecule has 3 aromatic rings. The highest BCUT2D eigenvalue weighted by Crippen LogP contribution is 2.44. The molecule has 162 valence electrons. The summed E-state index contributed by atoms with van der Waals surface area (Å²) >= 11 is 0. The van der Waals surface area contributed by atoms with Crippen molar-refractivity contribution in [2.75, 3.05) is 5.32 Å². The molecule has 4 N–H and O–H groups in total. The van der Waals surface area contributed by atoms with Gasteiger partial charge in [-0.1, -0.05) is 18.2 Å². The van der Waals surface area contributed by atoms with E-state index in [1.54, 1.807) is 30.3 Å². The average Bonchev–Trinajstić information content (AvgIpc) is 2.65. The molecule has 0 aliphatic rings. The zero-order valence-electron chi connectivity index (χ0n) is 15.7. The molecule has 11 nitrogen and oxygen atoms in total. The summed E-state index contributed by atoms with van der Waals surface area (Å²) in [6.45, 7) is 1.09. The number of fused-ring (bicyclic) bond motifs is 1. The second-order valence-corrected chi connectivity index (χ2v) is 9.11. The van der Waals surface area contributed by atoms with Crippen LogP contribution in [0.3, 0.4) is 0 Å². The van der Waals surface area contributed by atoms with Gasteiger partial charge in [-0.25, -0.2) is 0 Å². The number of benzene rings is 3. The number of nitrogens with zero attached hydrogens (tertiary/aromatic N) is 2. The molecule has 0 saturated carbocycles. The summed E-state index contributed by atoms with van der Waals surface area (Å²) in [5, 5.41) is 19.9. The maximum atomic E-state index is 12.0. The summed E-state index contributed by atoms with van der Waals surface area (Å²) < 4.78 is 66.3. The van der Waals surface area contributed by atoms with E-state index in [0.29, 0.717) is 5.69 Å². The second-order valence-electron chi connectivity index (χ2n) is 6.30. The first kappa shape index (κ1) is 22.3. The lowest BCUT2D eigenvalue weighted by Crippen LogP contribution is -2.09. The van der Waals surface area contributed by atoms with Gasteiger partial charge in [0.2, 0.25) is 5.91 Å². The van der Waals surface area contributed by atoms with Crippen molar-refractivity contribution in [3.8, 4) is 5.75 Å². The van der Waals surface area contributed by atoms with Gasteiger partial charge in [0.15, 0.2) is 5.75 Å². The number of rotatable bonds is 5. The van der Waals surface area contributed by atoms with Crippen LogP contribution in [0.2, 0.25) is 0 Å². The highest BCUT2D eigenvalue weighted by molar-refractivity contribution is 7.86. The third kappa shape index (κ3) is 4.86. The third-order valence-electron chi connectivity index (χ3n) is 4.04. The number of carbonyl (C=O) groups excluding carboxylic acids is 1. The molecule has 0 fully saturated rings. The fraction of sp³-hybridized carbons (Fsp3) is 0.0556. The number of hydrogen-bond acceptors (Lipinski definition) is 8. The van der Waals surface area contributed by atoms with E-state index in [-0.39, 0.29) is 16.8 Å². The zero-order chi connectivity index (χ0) is 23.0. The van der Waals surface area contributed by atoms with Gasteiger partial charge >= 0.3 is 0 Å². The van der Waals surface area contributed by atoms with Crippen LogP contribution in [0.1, 0.15) is 6.92 Å². The Balaban J connectivity index is 2.43. The SMILES string of the molecule is CC(=O)Nc1cc(S(=O)(=O)O)cc2c(S(=O)(=O)O)cc(N=Nc3ccccc3)c(O)c12. The van der Waals surface area contributed by atoms with Gasteiger partial charge in [0.25, 0.3) is 20.2 Å². The molecule has 0 heterocycles. The van der Waals surface area contributed by atoms with Crippen molar-refractivity contribution >= 4 is 54.0 Å². The molecule has 0 bridgehead atoms. The zero-order valence-corrected chi connectivity index (χ0v) is 17.3. The van der Waals surface area contributed by atoms with Crippen molar-refractivity contribution in [3.05, 3.63) is 48.5 Å². The number of nitrogens with one attached hydrogen (secondary N) is 1. The summed E-state index contributed by atoms with van der Waals surface area (Å²) in [5.41, 5.74) is -0.341. The lowest BCUT2D eigenvalue weighted by Gasteiger charge is -2.14. The Morgan fingerprint density at radius 1 is 0.935 bits per heavy atom. The van der Waals surface area contributed by atoms with Crippen LogP contribution in [-0.4, -0.2) is 37.0 Å². The van der Waals surface area contributed by atoms with Gasteiger partial charge in [0.05, 0.1) is 21.7 Å². The number of phenolic OH excluding ortho intramolecular Hbond substituents is 1. The van der Waals surface area contributed by atoms with E-state index in [1.165, 1.54) is 0 Å². The van der Waals surface area contributed by atoms with E-state index in [9.17, 15) is 35.8 Å². The monoisotopic (exact) mass is 465 g/mol. The molecule has 0 spiro atoms. The molecule has 0 radical (unpaired) electrons. The topological polar surface area (TPSA) is 183 Å². The fourth-order valence-corrected chi connectivity index (χ4v) is 4.03. The smallest absolute Gasteiger partial charge is 0.295 e. The first-order chi connectivity index (χ1) is 14.4. The molecule has 3 aromatic carbocycles. The Bertz CT molecular complexity index is 1430. The summed E-state index contributed by atoms with van der Waals surface area (Å²) in [6, 6.07) is 10.6. The van der Waals surface area contributed by atoms with Crippen molar-refractivity contribution in [1.82, 2.24) is 0 Å². The number of phenols is 1. The molecular formula is C18H15N3O8S2. The van der Waals surface area contributed by atoms with E-state index in [0.717, 1.165) is 25.1 Å². The first-order valence-electron chi connectivity index (χ1n) is 8.41. The highest BCUT2D eigenvalue weighted by atomic mass is 32.2. The van der Waals surface area contributed by atoms with E-state index in [4.69, 9.17) is 0 Å². The second kappa shape index (κ2) is 8.03. The molecule has 13 heteroatoms. The number of anilines is 1. The number of amides is 1. The summed E-state index contributed by atoms with van der Waals surface area (Å²) in [5.74, 6) is -1.33. The van der Waals surface area contributed by atoms with Crippen LogP contribution in [0, 0.1) is 0 Å². The van der Waals surface area contributed by atoms with Crippen molar-refractivity contribution in [2.24, 2.45) is 10.2 Å². The maximum absolute atomic E-state index is 12.0. The number of hydrogen-bond donors (Lipinski definition) is 4. The number of azo groups is 1. The van der Waals surface area contributed by atoms with Crippen LogP contribution < -0.4 is 5.32 Å². The van der Waals surface area contributed by atoms with Crippen LogP contribution >= 0.6 is 0 Å². The van der Waals surface area contributed by atoms with E-state index in [1.807, 2.05) is 0 Å². The minimum absolute atomic E-state index is 0.334. The molecule has 0 aromatic heterocycles. The predicted molar refractivity (Wildman–Crippen MR) is 110 cm³/mol. The van der Waals surface area contributed by atoms with Crippen molar-refractivity contribution < 1.29 is 35.8 Å². The average molecular weight is 465 g/mol. The van der Waals surface area contributed by atoms with E-state index in [2.05, 4.69) is 15.5 Å². The van der Waals surface area contributed by atoms with Crippen LogP contribution in [0.5, 0.6) is 5.75 Å². The van der Waals surface area contributed by atoms with Crippen LogP contribution in [-0.2, 0) is 25.0 Å². The standard InChI is InChI=1S/C18H15N3O8S2/c1-10(22)19-14-8-12(30(24,25)26)7-13-16(31(27,28)29)9-15(18(23)17(13)14)21-20-11-5-3-2-4-6-11/h2-9,23H,1H3,(H,19,22)(H,24,25,26)(H,27,28,29). The summed E-state index contributed by atoms with van der Waals surface area (Å²) in [7, 11) is -9.80. The minimum Gasteiger partial charge on any atom is -0.505 e. The normalized spacial score (nSPS) is 12.4. The fourth-order valence-electron chi connectivity index (χ4n) is 2.80. The van der Waals surface area contributed by atoms with Gasteiger partial charge in [0.1, 0.15) is 10.6 Å². The summed E-state index contributed by atoms with van der Waals surface area (Å²) in [6.07, 6.45) is 0. The van der Waals surface area contributed by atoms with Gasteiger partial charge in [-0.3, -0.25) is 13.9 Å². The maximum Gasteiger partial charge on any atom is 0.295 e. The first-order valence-corrected chi connectivity index (χ1v) is 11.3. The highest BCUT2D eigenvalue weighted by Gasteiger charge is 2.25. The molecule has 3 rings (SSSR count). The largest absolute Gasteiger partial charge is 0.505 e. The quantitative estimate of drug-likeness (QED) is 0.326. The molecular weight excluding hydrogens is 450 g/mol. The van der Waals surface area contributed by atoms with Gasteiger partial charge < -0.3 is 10.4 Å². The Morgan fingerprint density at radius 2 is 1.58 bits per heavy atom. The Kier molecular flexibility index (Phi) is 5.78. The van der Waals surface area contributed by atoms with Gasteiger partial charge in [-0.15, -0.1) is 5.11 Å². The Labute approximate surface area is 176 Å². The van der Waals surface area contributed by atoms with E-state index >= 15 is 0 Å². The molecule has 0 aliphatic carbocycles. The summed E-state index contributed by atoms with van der Waals surface area (Å²) in [4.78, 5) is 10.0. The molecule has 31 heavy (non-hydrogen) atoms. The van der Waals surface area contributed by atoms with Gasteiger partial charge in [0, 0.05) is 12.3 Å². The Hall–Kier alpha value is -3.39. The minimum atomic E-state index is -4.96. The van der Waals surface area contributed by atoms with Crippen LogP contribution in [0.4, 0.5) is 17.1 Å². The van der Waals surface area contributed by atoms with Crippen LogP contribution in [0.15, 0.2) is 68.6 Å². The predicted octanol–water partition coefficient (Wildman–Crippen LogP) is 3.41. The van der Waals surface area contributed by atoms with Crippen molar-refractivity contribution in [2.45, 2.75) is 16.7 Å². The number of aromatic hydroxyl groups is 1. The lowest BCUT2D eigenvalue weighted by molar-refractivity contribution is -0.114. The molecule has 0 atom stereocenters. The molecule has 0 aliphatic heterocycles. The van der Waals surface area contributed by atoms with E-state index < -0.39 is 47.1 Å². The van der Waals surface area contributed by atoms with Crippen LogP contribution in [0.25, 0.3) is 10.8 Å². The Morgan fingerprint density at radius 3 is 2.13 bits per heavy atom. The van der Waals surface area contributed by atoms with Crippen molar-refractivity contribution in [3.63, 3.8) is 0 Å². The third-order valence-corrected chi connectivity index (χ3v) is 5.77.